The van der Waals surface area contributed by atoms with E-state index in [-0.39, 0.29) is 13.0 Å². The Morgan fingerprint density at radius 2 is 1.67 bits per heavy atom. The van der Waals surface area contributed by atoms with Crippen molar-refractivity contribution in [2.24, 2.45) is 0 Å². The number of anilines is 2. The lowest BCUT2D eigenvalue weighted by Crippen LogP contribution is -2.37. The summed E-state index contributed by atoms with van der Waals surface area (Å²) in [5.74, 6) is -1.97. The van der Waals surface area contributed by atoms with E-state index in [0.29, 0.717) is 16.9 Å². The first-order valence-electron chi connectivity index (χ1n) is 10.3. The van der Waals surface area contributed by atoms with Gasteiger partial charge in [0.15, 0.2) is 0 Å². The number of rotatable bonds is 6. The summed E-state index contributed by atoms with van der Waals surface area (Å²) in [6, 6.07) is 16.2. The highest BCUT2D eigenvalue weighted by Gasteiger charge is 2.46. The number of hydrogen-bond acceptors (Lipinski definition) is 3. The molecule has 1 fully saturated rings. The van der Waals surface area contributed by atoms with Gasteiger partial charge < -0.3 is 10.2 Å². The second kappa shape index (κ2) is 9.20. The summed E-state index contributed by atoms with van der Waals surface area (Å²) in [5, 5.41) is 2.61. The fourth-order valence-corrected chi connectivity index (χ4v) is 3.77. The van der Waals surface area contributed by atoms with Crippen LogP contribution in [0.5, 0.6) is 0 Å². The lowest BCUT2D eigenvalue weighted by atomic mass is 10.1. The summed E-state index contributed by atoms with van der Waals surface area (Å²) in [5.41, 5.74) is 2.12. The number of hydrogen-bond donors (Lipinski definition) is 1. The molecule has 4 amide bonds. The van der Waals surface area contributed by atoms with E-state index in [1.807, 2.05) is 13.0 Å². The molecule has 3 aromatic rings. The zero-order chi connectivity index (χ0) is 23.5. The van der Waals surface area contributed by atoms with Crippen LogP contribution in [0, 0.1) is 18.6 Å². The summed E-state index contributed by atoms with van der Waals surface area (Å²) in [4.78, 5) is 41.5. The number of halogens is 2. The Bertz CT molecular complexity index is 1210. The molecule has 4 rings (SSSR count). The molecule has 1 N–H and O–H groups in total. The topological polar surface area (TPSA) is 69.7 Å². The molecule has 1 atom stereocenters. The Morgan fingerprint density at radius 3 is 2.36 bits per heavy atom. The fourth-order valence-electron chi connectivity index (χ4n) is 3.77. The quantitative estimate of drug-likeness (QED) is 0.558. The molecule has 1 aliphatic rings. The van der Waals surface area contributed by atoms with Gasteiger partial charge in [-0.3, -0.25) is 9.59 Å². The van der Waals surface area contributed by atoms with Gasteiger partial charge in [0.05, 0.1) is 12.1 Å². The van der Waals surface area contributed by atoms with Crippen LogP contribution in [0.15, 0.2) is 72.8 Å². The van der Waals surface area contributed by atoms with E-state index >= 15 is 0 Å². The number of nitrogens with one attached hydrogen (secondary N) is 1. The average Bonchev–Trinajstić information content (AvgIpc) is 2.99. The van der Waals surface area contributed by atoms with Gasteiger partial charge in [-0.2, -0.15) is 0 Å². The largest absolute Gasteiger partial charge is 0.332 e. The highest BCUT2D eigenvalue weighted by molar-refractivity contribution is 6.22. The van der Waals surface area contributed by atoms with Gasteiger partial charge in [-0.15, -0.1) is 0 Å². The van der Waals surface area contributed by atoms with Gasteiger partial charge in [0.2, 0.25) is 5.91 Å². The molecule has 168 valence electrons. The molecule has 0 saturated carbocycles. The molecule has 0 aliphatic carbocycles. The summed E-state index contributed by atoms with van der Waals surface area (Å²) >= 11 is 0. The number of imide groups is 1. The number of carbonyl (C=O) groups is 3. The molecular formula is C25H21F2N3O3. The van der Waals surface area contributed by atoms with Crippen LogP contribution in [-0.4, -0.2) is 28.8 Å². The summed E-state index contributed by atoms with van der Waals surface area (Å²) in [6.07, 6.45) is -0.306. The van der Waals surface area contributed by atoms with Gasteiger partial charge in [-0.05, 0) is 66.6 Å². The molecule has 0 spiro atoms. The van der Waals surface area contributed by atoms with E-state index in [4.69, 9.17) is 0 Å². The number of carbonyl (C=O) groups excluding carboxylic acids is 3. The molecule has 33 heavy (non-hydrogen) atoms. The molecule has 1 aliphatic heterocycles. The first-order valence-corrected chi connectivity index (χ1v) is 10.3. The minimum Gasteiger partial charge on any atom is -0.326 e. The molecule has 3 aromatic carbocycles. The lowest BCUT2D eigenvalue weighted by Gasteiger charge is -2.21. The van der Waals surface area contributed by atoms with E-state index in [9.17, 15) is 23.2 Å². The Hall–Kier alpha value is -4.07. The monoisotopic (exact) mass is 449 g/mol. The summed E-state index contributed by atoms with van der Waals surface area (Å²) < 4.78 is 26.8. The predicted octanol–water partition coefficient (Wildman–Crippen LogP) is 4.64. The highest BCUT2D eigenvalue weighted by Crippen LogP contribution is 2.29. The molecule has 1 heterocycles. The zero-order valence-corrected chi connectivity index (χ0v) is 17.8. The third kappa shape index (κ3) is 4.90. The van der Waals surface area contributed by atoms with Crippen molar-refractivity contribution in [2.45, 2.75) is 25.9 Å². The van der Waals surface area contributed by atoms with E-state index in [1.165, 1.54) is 47.4 Å². The first kappa shape index (κ1) is 22.1. The Morgan fingerprint density at radius 1 is 0.939 bits per heavy atom. The van der Waals surface area contributed by atoms with Crippen LogP contribution in [0.2, 0.25) is 0 Å². The van der Waals surface area contributed by atoms with Crippen LogP contribution in [0.25, 0.3) is 0 Å². The molecule has 8 heteroatoms. The van der Waals surface area contributed by atoms with Gasteiger partial charge in [-0.1, -0.05) is 24.3 Å². The van der Waals surface area contributed by atoms with Crippen LogP contribution in [0.4, 0.5) is 25.0 Å². The van der Waals surface area contributed by atoms with Crippen molar-refractivity contribution in [3.8, 4) is 0 Å². The average molecular weight is 449 g/mol. The second-order valence-electron chi connectivity index (χ2n) is 7.83. The van der Waals surface area contributed by atoms with Crippen molar-refractivity contribution < 1.29 is 23.2 Å². The Kier molecular flexibility index (Phi) is 6.17. The number of amides is 4. The number of benzene rings is 3. The van der Waals surface area contributed by atoms with Gasteiger partial charge in [-0.25, -0.2) is 18.5 Å². The van der Waals surface area contributed by atoms with Gasteiger partial charge in [0.1, 0.15) is 17.7 Å². The SMILES string of the molecule is Cc1cccc(N2C(=O)C(CC(=O)Nc3ccc(F)cc3)N(Cc3cccc(F)c3)C2=O)c1. The molecule has 1 saturated heterocycles. The van der Waals surface area contributed by atoms with Crippen molar-refractivity contribution in [2.75, 3.05) is 10.2 Å². The van der Waals surface area contributed by atoms with Crippen molar-refractivity contribution in [1.82, 2.24) is 4.90 Å². The first-order chi connectivity index (χ1) is 15.8. The normalized spacial score (nSPS) is 15.8. The van der Waals surface area contributed by atoms with E-state index in [0.717, 1.165) is 10.5 Å². The molecule has 6 nitrogen and oxygen atoms in total. The standard InChI is InChI=1S/C25H21F2N3O3/c1-16-4-2-7-21(12-16)30-24(32)22(14-23(31)28-20-10-8-18(26)9-11-20)29(25(30)33)15-17-5-3-6-19(27)13-17/h2-13,22H,14-15H2,1H3,(H,28,31). The van der Waals surface area contributed by atoms with Gasteiger partial charge >= 0.3 is 6.03 Å². The van der Waals surface area contributed by atoms with Crippen LogP contribution in [-0.2, 0) is 16.1 Å². The maximum Gasteiger partial charge on any atom is 0.332 e. The third-order valence-electron chi connectivity index (χ3n) is 5.33. The minimum absolute atomic E-state index is 0.0425. The minimum atomic E-state index is -1.08. The van der Waals surface area contributed by atoms with Crippen molar-refractivity contribution in [1.29, 1.82) is 0 Å². The fraction of sp³-hybridized carbons (Fsp3) is 0.160. The van der Waals surface area contributed by atoms with Gasteiger partial charge in [0.25, 0.3) is 5.91 Å². The predicted molar refractivity (Wildman–Crippen MR) is 119 cm³/mol. The van der Waals surface area contributed by atoms with Crippen LogP contribution >= 0.6 is 0 Å². The van der Waals surface area contributed by atoms with Gasteiger partial charge in [0, 0.05) is 12.2 Å². The molecular weight excluding hydrogens is 428 g/mol. The maximum absolute atomic E-state index is 13.7. The van der Waals surface area contributed by atoms with Crippen molar-refractivity contribution in [3.05, 3.63) is 95.6 Å². The summed E-state index contributed by atoms with van der Waals surface area (Å²) in [6.45, 7) is 1.80. The van der Waals surface area contributed by atoms with Crippen LogP contribution in [0.1, 0.15) is 17.5 Å². The number of nitrogens with zero attached hydrogens (tertiary/aromatic N) is 2. The van der Waals surface area contributed by atoms with Crippen LogP contribution < -0.4 is 10.2 Å². The van der Waals surface area contributed by atoms with Crippen molar-refractivity contribution >= 4 is 29.2 Å². The molecule has 0 aromatic heterocycles. The number of aryl methyl sites for hydroxylation is 1. The van der Waals surface area contributed by atoms with E-state index < -0.39 is 35.5 Å². The third-order valence-corrected chi connectivity index (χ3v) is 5.33. The van der Waals surface area contributed by atoms with Crippen LogP contribution in [0.3, 0.4) is 0 Å². The number of urea groups is 1. The summed E-state index contributed by atoms with van der Waals surface area (Å²) in [7, 11) is 0. The molecule has 0 bridgehead atoms. The smallest absolute Gasteiger partial charge is 0.326 e. The van der Waals surface area contributed by atoms with E-state index in [2.05, 4.69) is 5.32 Å². The Labute approximate surface area is 189 Å². The maximum atomic E-state index is 13.7. The molecule has 0 radical (unpaired) electrons. The lowest BCUT2D eigenvalue weighted by molar-refractivity contribution is -0.124. The highest BCUT2D eigenvalue weighted by atomic mass is 19.1. The van der Waals surface area contributed by atoms with E-state index in [1.54, 1.807) is 24.3 Å². The molecule has 1 unspecified atom stereocenters. The van der Waals surface area contributed by atoms with Crippen molar-refractivity contribution in [3.63, 3.8) is 0 Å². The zero-order valence-electron chi connectivity index (χ0n) is 17.8. The second-order valence-corrected chi connectivity index (χ2v) is 7.83. The Balaban J connectivity index is 1.61.